The summed E-state index contributed by atoms with van der Waals surface area (Å²) in [7, 11) is 0. The molecule has 1 fully saturated rings. The van der Waals surface area contributed by atoms with Crippen molar-refractivity contribution in [2.45, 2.75) is 77.7 Å². The van der Waals surface area contributed by atoms with Gasteiger partial charge in [-0.15, -0.1) is 5.10 Å². The van der Waals surface area contributed by atoms with Crippen molar-refractivity contribution in [3.8, 4) is 6.01 Å². The molecule has 2 N–H and O–H groups in total. The Balaban J connectivity index is 1.83. The average molecular weight is 331 g/mol. The molecule has 2 heterocycles. The first-order valence-corrected chi connectivity index (χ1v) is 9.38. The van der Waals surface area contributed by atoms with E-state index in [-0.39, 0.29) is 6.10 Å². The van der Waals surface area contributed by atoms with Crippen molar-refractivity contribution in [2.24, 2.45) is 5.92 Å². The van der Waals surface area contributed by atoms with Gasteiger partial charge in [-0.25, -0.2) is 9.50 Å². The van der Waals surface area contributed by atoms with Gasteiger partial charge in [-0.2, -0.15) is 4.98 Å². The fourth-order valence-corrected chi connectivity index (χ4v) is 3.62. The molecule has 3 rings (SSSR count). The third-order valence-electron chi connectivity index (χ3n) is 5.00. The highest BCUT2D eigenvalue weighted by atomic mass is 16.5. The first kappa shape index (κ1) is 17.0. The second-order valence-electron chi connectivity index (χ2n) is 6.91. The monoisotopic (exact) mass is 331 g/mol. The molecule has 0 aliphatic heterocycles. The fourth-order valence-electron chi connectivity index (χ4n) is 3.62. The number of fused-ring (bicyclic) bond motifs is 1. The molecule has 132 valence electrons. The summed E-state index contributed by atoms with van der Waals surface area (Å²) >= 11 is 0. The van der Waals surface area contributed by atoms with E-state index < -0.39 is 0 Å². The maximum atomic E-state index is 6.08. The lowest BCUT2D eigenvalue weighted by atomic mass is 9.86. The summed E-state index contributed by atoms with van der Waals surface area (Å²) in [6.07, 6.45) is 12.7. The first-order valence-electron chi connectivity index (χ1n) is 9.38. The molecule has 0 radical (unpaired) electrons. The highest BCUT2D eigenvalue weighted by molar-refractivity contribution is 5.59. The molecule has 1 atom stereocenters. The van der Waals surface area contributed by atoms with Crippen LogP contribution in [0, 0.1) is 5.92 Å². The van der Waals surface area contributed by atoms with Crippen LogP contribution in [-0.2, 0) is 6.42 Å². The predicted molar refractivity (Wildman–Crippen MR) is 95.1 cm³/mol. The van der Waals surface area contributed by atoms with Crippen molar-refractivity contribution in [3.05, 3.63) is 11.9 Å². The Bertz CT molecular complexity index is 663. The summed E-state index contributed by atoms with van der Waals surface area (Å²) in [4.78, 5) is 8.71. The van der Waals surface area contributed by atoms with Crippen LogP contribution in [-0.4, -0.2) is 25.7 Å². The number of nitrogens with zero attached hydrogens (tertiary/aromatic N) is 4. The molecule has 0 spiro atoms. The van der Waals surface area contributed by atoms with Crippen LogP contribution in [0.5, 0.6) is 6.01 Å². The molecule has 6 heteroatoms. The predicted octanol–water partition coefficient (Wildman–Crippen LogP) is 3.79. The lowest BCUT2D eigenvalue weighted by molar-refractivity contribution is 0.167. The van der Waals surface area contributed by atoms with E-state index in [9.17, 15) is 0 Å². The van der Waals surface area contributed by atoms with Crippen molar-refractivity contribution in [1.29, 1.82) is 0 Å². The number of aromatic nitrogens is 4. The van der Waals surface area contributed by atoms with E-state index in [1.54, 1.807) is 0 Å². The minimum Gasteiger partial charge on any atom is -0.459 e. The van der Waals surface area contributed by atoms with E-state index in [4.69, 9.17) is 10.5 Å². The van der Waals surface area contributed by atoms with Crippen LogP contribution in [0.1, 0.15) is 70.9 Å². The Morgan fingerprint density at radius 1 is 1.29 bits per heavy atom. The third kappa shape index (κ3) is 3.79. The van der Waals surface area contributed by atoms with E-state index in [0.717, 1.165) is 37.3 Å². The van der Waals surface area contributed by atoms with Crippen LogP contribution in [0.2, 0.25) is 0 Å². The SMILES string of the molecule is CCCC(CC)Oc1nc(N)c2ncc(CC3CCCCC3)n2n1. The van der Waals surface area contributed by atoms with E-state index in [2.05, 4.69) is 28.9 Å². The Morgan fingerprint density at radius 2 is 2.08 bits per heavy atom. The number of nitrogens with two attached hydrogens (primary N) is 1. The highest BCUT2D eigenvalue weighted by Gasteiger charge is 2.19. The molecule has 0 amide bonds. The number of imidazole rings is 1. The summed E-state index contributed by atoms with van der Waals surface area (Å²) in [5.74, 6) is 1.11. The van der Waals surface area contributed by atoms with Gasteiger partial charge in [0.25, 0.3) is 0 Å². The molecule has 2 aromatic heterocycles. The molecule has 0 saturated heterocycles. The lowest BCUT2D eigenvalue weighted by Crippen LogP contribution is -2.18. The van der Waals surface area contributed by atoms with E-state index in [1.165, 1.54) is 32.1 Å². The maximum Gasteiger partial charge on any atom is 0.336 e. The molecule has 6 nitrogen and oxygen atoms in total. The average Bonchev–Trinajstić information content (AvgIpc) is 2.99. The molecule has 1 aliphatic rings. The van der Waals surface area contributed by atoms with Gasteiger partial charge in [0.2, 0.25) is 0 Å². The largest absolute Gasteiger partial charge is 0.459 e. The first-order chi connectivity index (χ1) is 11.7. The van der Waals surface area contributed by atoms with Gasteiger partial charge in [0, 0.05) is 0 Å². The van der Waals surface area contributed by atoms with Crippen LogP contribution in [0.3, 0.4) is 0 Å². The van der Waals surface area contributed by atoms with Crippen LogP contribution in [0.15, 0.2) is 6.20 Å². The zero-order chi connectivity index (χ0) is 16.9. The summed E-state index contributed by atoms with van der Waals surface area (Å²) in [5, 5.41) is 4.57. The topological polar surface area (TPSA) is 78.3 Å². The van der Waals surface area contributed by atoms with Crippen molar-refractivity contribution in [1.82, 2.24) is 19.6 Å². The Kier molecular flexibility index (Phi) is 5.53. The van der Waals surface area contributed by atoms with E-state index >= 15 is 0 Å². The quantitative estimate of drug-likeness (QED) is 0.835. The smallest absolute Gasteiger partial charge is 0.336 e. The minimum absolute atomic E-state index is 0.136. The van der Waals surface area contributed by atoms with Crippen molar-refractivity contribution < 1.29 is 4.74 Å². The van der Waals surface area contributed by atoms with E-state index in [1.807, 2.05) is 10.7 Å². The molecule has 0 aromatic carbocycles. The Morgan fingerprint density at radius 3 is 2.79 bits per heavy atom. The van der Waals surface area contributed by atoms with Crippen molar-refractivity contribution in [2.75, 3.05) is 5.73 Å². The fraction of sp³-hybridized carbons (Fsp3) is 0.722. The van der Waals surface area contributed by atoms with Crippen LogP contribution in [0.25, 0.3) is 5.65 Å². The molecular weight excluding hydrogens is 302 g/mol. The van der Waals surface area contributed by atoms with E-state index in [0.29, 0.717) is 17.5 Å². The standard InChI is InChI=1S/C18H29N5O/c1-3-8-15(4-2)24-18-21-16(19)17-20-12-14(23(17)22-18)11-13-9-6-5-7-10-13/h12-13,15H,3-11H2,1-2H3,(H2,19,21,22). The summed E-state index contributed by atoms with van der Waals surface area (Å²) in [5.41, 5.74) is 7.83. The molecule has 24 heavy (non-hydrogen) atoms. The van der Waals surface area contributed by atoms with Gasteiger partial charge in [-0.05, 0) is 25.2 Å². The van der Waals surface area contributed by atoms with Gasteiger partial charge in [-0.3, -0.25) is 0 Å². The number of hydrogen-bond donors (Lipinski definition) is 1. The highest BCUT2D eigenvalue weighted by Crippen LogP contribution is 2.27. The molecule has 2 aromatic rings. The van der Waals surface area contributed by atoms with Crippen LogP contribution >= 0.6 is 0 Å². The molecular formula is C18H29N5O. The molecule has 1 aliphatic carbocycles. The third-order valence-corrected chi connectivity index (χ3v) is 5.00. The zero-order valence-corrected chi connectivity index (χ0v) is 14.9. The molecule has 1 unspecified atom stereocenters. The van der Waals surface area contributed by atoms with Gasteiger partial charge >= 0.3 is 6.01 Å². The zero-order valence-electron chi connectivity index (χ0n) is 14.9. The van der Waals surface area contributed by atoms with Crippen LogP contribution in [0.4, 0.5) is 5.82 Å². The number of rotatable bonds is 7. The number of nitrogen functional groups attached to an aromatic ring is 1. The Hall–Kier alpha value is -1.85. The molecule has 0 bridgehead atoms. The summed E-state index contributed by atoms with van der Waals surface area (Å²) in [6.45, 7) is 4.27. The Labute approximate surface area is 143 Å². The van der Waals surface area contributed by atoms with Gasteiger partial charge < -0.3 is 10.5 Å². The number of ether oxygens (including phenoxy) is 1. The van der Waals surface area contributed by atoms with Gasteiger partial charge in [0.1, 0.15) is 6.10 Å². The maximum absolute atomic E-state index is 6.08. The normalized spacial score (nSPS) is 17.2. The second-order valence-corrected chi connectivity index (χ2v) is 6.91. The number of hydrogen-bond acceptors (Lipinski definition) is 5. The van der Waals surface area contributed by atoms with Crippen LogP contribution < -0.4 is 10.5 Å². The van der Waals surface area contributed by atoms with Crippen molar-refractivity contribution in [3.63, 3.8) is 0 Å². The second kappa shape index (κ2) is 7.81. The number of anilines is 1. The van der Waals surface area contributed by atoms with Gasteiger partial charge in [0.15, 0.2) is 11.5 Å². The van der Waals surface area contributed by atoms with Gasteiger partial charge in [0.05, 0.1) is 11.9 Å². The summed E-state index contributed by atoms with van der Waals surface area (Å²) < 4.78 is 7.79. The lowest BCUT2D eigenvalue weighted by Gasteiger charge is -2.21. The summed E-state index contributed by atoms with van der Waals surface area (Å²) in [6, 6.07) is 0.364. The van der Waals surface area contributed by atoms with Crippen molar-refractivity contribution >= 4 is 11.5 Å². The minimum atomic E-state index is 0.136. The molecule has 1 saturated carbocycles. The van der Waals surface area contributed by atoms with Gasteiger partial charge in [-0.1, -0.05) is 52.4 Å².